The van der Waals surface area contributed by atoms with E-state index in [9.17, 15) is 4.79 Å². The summed E-state index contributed by atoms with van der Waals surface area (Å²) >= 11 is 0. The number of carbonyl (C=O) groups excluding carboxylic acids is 1. The summed E-state index contributed by atoms with van der Waals surface area (Å²) in [5.74, 6) is 0.147. The predicted octanol–water partition coefficient (Wildman–Crippen LogP) is 4.46. The largest absolute Gasteiger partial charge is 0.385 e. The molecule has 0 unspecified atom stereocenters. The molecule has 1 aliphatic heterocycles. The second kappa shape index (κ2) is 10.0. The fraction of sp³-hybridized carbons (Fsp3) is 0.480. The van der Waals surface area contributed by atoms with Crippen molar-refractivity contribution in [1.29, 1.82) is 0 Å². The summed E-state index contributed by atoms with van der Waals surface area (Å²) in [6, 6.07) is 15.3. The van der Waals surface area contributed by atoms with E-state index in [1.807, 2.05) is 0 Å². The highest BCUT2D eigenvalue weighted by Gasteiger charge is 2.39. The molecule has 1 aliphatic rings. The number of hydrogen-bond donors (Lipinski definition) is 1. The topological polar surface area (TPSA) is 47.6 Å². The van der Waals surface area contributed by atoms with Gasteiger partial charge in [0, 0.05) is 33.5 Å². The van der Waals surface area contributed by atoms with Gasteiger partial charge in [-0.1, -0.05) is 53.6 Å². The zero-order valence-electron chi connectivity index (χ0n) is 17.9. The lowest BCUT2D eigenvalue weighted by molar-refractivity contribution is -0.136. The number of rotatable bonds is 8. The van der Waals surface area contributed by atoms with E-state index in [0.717, 1.165) is 25.7 Å². The SMILES string of the molecule is COCCCNC(=O)C1(Cc2cccc(-c3cc(C)cc(C)c3)c2)CCOCC1. The molecule has 4 nitrogen and oxygen atoms in total. The minimum Gasteiger partial charge on any atom is -0.385 e. The molecule has 1 saturated heterocycles. The molecule has 0 radical (unpaired) electrons. The number of hydrogen-bond acceptors (Lipinski definition) is 3. The molecule has 0 bridgehead atoms. The predicted molar refractivity (Wildman–Crippen MR) is 117 cm³/mol. The summed E-state index contributed by atoms with van der Waals surface area (Å²) in [5.41, 5.74) is 5.78. The van der Waals surface area contributed by atoms with E-state index in [1.54, 1.807) is 7.11 Å². The summed E-state index contributed by atoms with van der Waals surface area (Å²) in [4.78, 5) is 13.1. The Bertz CT molecular complexity index is 804. The minimum atomic E-state index is -0.396. The van der Waals surface area contributed by atoms with E-state index < -0.39 is 5.41 Å². The number of amides is 1. The van der Waals surface area contributed by atoms with Gasteiger partial charge in [0.15, 0.2) is 0 Å². The molecule has 2 aromatic rings. The first-order chi connectivity index (χ1) is 14.0. The van der Waals surface area contributed by atoms with Crippen LogP contribution in [-0.4, -0.2) is 39.4 Å². The molecule has 1 N–H and O–H groups in total. The van der Waals surface area contributed by atoms with Gasteiger partial charge in [0.2, 0.25) is 5.91 Å². The van der Waals surface area contributed by atoms with Crippen LogP contribution in [0.15, 0.2) is 42.5 Å². The summed E-state index contributed by atoms with van der Waals surface area (Å²) in [5, 5.41) is 3.14. The van der Waals surface area contributed by atoms with Gasteiger partial charge < -0.3 is 14.8 Å². The van der Waals surface area contributed by atoms with Crippen LogP contribution in [0.25, 0.3) is 11.1 Å². The molecule has 0 aliphatic carbocycles. The molecule has 0 saturated carbocycles. The lowest BCUT2D eigenvalue weighted by Crippen LogP contribution is -2.46. The van der Waals surface area contributed by atoms with Gasteiger partial charge in [-0.15, -0.1) is 0 Å². The quantitative estimate of drug-likeness (QED) is 0.671. The Morgan fingerprint density at radius 1 is 1.07 bits per heavy atom. The van der Waals surface area contributed by atoms with Gasteiger partial charge in [-0.3, -0.25) is 4.79 Å². The van der Waals surface area contributed by atoms with Crippen LogP contribution in [0.4, 0.5) is 0 Å². The first-order valence-corrected chi connectivity index (χ1v) is 10.5. The summed E-state index contributed by atoms with van der Waals surface area (Å²) in [7, 11) is 1.69. The molecule has 1 heterocycles. The molecule has 0 spiro atoms. The molecule has 29 heavy (non-hydrogen) atoms. The van der Waals surface area contributed by atoms with Crippen molar-refractivity contribution in [2.24, 2.45) is 5.41 Å². The van der Waals surface area contributed by atoms with Crippen LogP contribution < -0.4 is 5.32 Å². The van der Waals surface area contributed by atoms with Crippen molar-refractivity contribution >= 4 is 5.91 Å². The van der Waals surface area contributed by atoms with E-state index in [4.69, 9.17) is 9.47 Å². The molecule has 0 aromatic heterocycles. The Balaban J connectivity index is 1.80. The summed E-state index contributed by atoms with van der Waals surface area (Å²) < 4.78 is 10.7. The summed E-state index contributed by atoms with van der Waals surface area (Å²) in [6.07, 6.45) is 3.09. The normalized spacial score (nSPS) is 15.8. The first kappa shape index (κ1) is 21.5. The average molecular weight is 396 g/mol. The van der Waals surface area contributed by atoms with E-state index in [0.29, 0.717) is 26.4 Å². The highest BCUT2D eigenvalue weighted by Crippen LogP contribution is 2.36. The second-order valence-electron chi connectivity index (χ2n) is 8.25. The smallest absolute Gasteiger partial charge is 0.226 e. The zero-order valence-corrected chi connectivity index (χ0v) is 17.9. The van der Waals surface area contributed by atoms with Gasteiger partial charge >= 0.3 is 0 Å². The fourth-order valence-electron chi connectivity index (χ4n) is 4.25. The average Bonchev–Trinajstić information content (AvgIpc) is 2.71. The Hall–Kier alpha value is -2.17. The Labute approximate surface area is 174 Å². The summed E-state index contributed by atoms with van der Waals surface area (Å²) in [6.45, 7) is 6.85. The van der Waals surface area contributed by atoms with Gasteiger partial charge in [0.25, 0.3) is 0 Å². The molecule has 1 amide bonds. The Morgan fingerprint density at radius 2 is 1.79 bits per heavy atom. The van der Waals surface area contributed by atoms with Crippen molar-refractivity contribution in [3.8, 4) is 11.1 Å². The van der Waals surface area contributed by atoms with Crippen LogP contribution in [0.2, 0.25) is 0 Å². The first-order valence-electron chi connectivity index (χ1n) is 10.5. The van der Waals surface area contributed by atoms with Crippen LogP contribution in [0.5, 0.6) is 0 Å². The molecule has 4 heteroatoms. The van der Waals surface area contributed by atoms with Gasteiger partial charge in [-0.05, 0) is 56.2 Å². The van der Waals surface area contributed by atoms with Gasteiger partial charge in [0.05, 0.1) is 5.41 Å². The monoisotopic (exact) mass is 395 g/mol. The highest BCUT2D eigenvalue weighted by molar-refractivity contribution is 5.83. The Morgan fingerprint density at radius 3 is 2.48 bits per heavy atom. The van der Waals surface area contributed by atoms with Crippen LogP contribution in [0, 0.1) is 19.3 Å². The number of benzene rings is 2. The van der Waals surface area contributed by atoms with E-state index in [1.165, 1.54) is 27.8 Å². The van der Waals surface area contributed by atoms with Crippen molar-refractivity contribution in [1.82, 2.24) is 5.32 Å². The second-order valence-corrected chi connectivity index (χ2v) is 8.25. The molecule has 3 rings (SSSR count). The van der Waals surface area contributed by atoms with Crippen molar-refractivity contribution in [2.75, 3.05) is 33.5 Å². The molecule has 156 valence electrons. The molecular weight excluding hydrogens is 362 g/mol. The lowest BCUT2D eigenvalue weighted by atomic mass is 9.74. The minimum absolute atomic E-state index is 0.147. The zero-order chi connectivity index (χ0) is 20.7. The van der Waals surface area contributed by atoms with Crippen LogP contribution in [0.1, 0.15) is 36.0 Å². The van der Waals surface area contributed by atoms with Gasteiger partial charge in [-0.25, -0.2) is 0 Å². The van der Waals surface area contributed by atoms with E-state index in [2.05, 4.69) is 61.6 Å². The maximum atomic E-state index is 13.1. The van der Waals surface area contributed by atoms with Crippen molar-refractivity contribution < 1.29 is 14.3 Å². The van der Waals surface area contributed by atoms with Crippen molar-refractivity contribution in [3.05, 3.63) is 59.2 Å². The van der Waals surface area contributed by atoms with E-state index >= 15 is 0 Å². The van der Waals surface area contributed by atoms with Gasteiger partial charge in [0.1, 0.15) is 0 Å². The number of aryl methyl sites for hydroxylation is 2. The third kappa shape index (κ3) is 5.68. The van der Waals surface area contributed by atoms with Crippen LogP contribution in [-0.2, 0) is 20.7 Å². The highest BCUT2D eigenvalue weighted by atomic mass is 16.5. The molecule has 1 fully saturated rings. The van der Waals surface area contributed by atoms with E-state index in [-0.39, 0.29) is 5.91 Å². The van der Waals surface area contributed by atoms with Gasteiger partial charge in [-0.2, -0.15) is 0 Å². The van der Waals surface area contributed by atoms with Crippen molar-refractivity contribution in [3.63, 3.8) is 0 Å². The molecule has 2 aromatic carbocycles. The third-order valence-corrected chi connectivity index (χ3v) is 5.77. The number of methoxy groups -OCH3 is 1. The van der Waals surface area contributed by atoms with Crippen molar-refractivity contribution in [2.45, 2.75) is 39.5 Å². The molecule has 0 atom stereocenters. The Kier molecular flexibility index (Phi) is 7.45. The maximum Gasteiger partial charge on any atom is 0.226 e. The number of nitrogens with one attached hydrogen (secondary N) is 1. The number of carbonyl (C=O) groups is 1. The third-order valence-electron chi connectivity index (χ3n) is 5.77. The standard InChI is InChI=1S/C25H33NO3/c1-19-14-20(2)16-23(15-19)22-7-4-6-21(17-22)18-25(8-12-29-13-9-25)24(27)26-10-5-11-28-3/h4,6-7,14-17H,5,8-13,18H2,1-3H3,(H,26,27). The number of ether oxygens (including phenoxy) is 2. The van der Waals surface area contributed by atoms with Crippen LogP contribution in [0.3, 0.4) is 0 Å². The van der Waals surface area contributed by atoms with Crippen LogP contribution >= 0.6 is 0 Å². The molecular formula is C25H33NO3. The maximum absolute atomic E-state index is 13.1. The lowest BCUT2D eigenvalue weighted by Gasteiger charge is -2.36. The fourth-order valence-corrected chi connectivity index (χ4v) is 4.25.